The molecule has 0 unspecified atom stereocenters. The molecule has 0 aliphatic carbocycles. The van der Waals surface area contributed by atoms with Gasteiger partial charge < -0.3 is 20.8 Å². The van der Waals surface area contributed by atoms with E-state index < -0.39 is 24.0 Å². The first kappa shape index (κ1) is 22.9. The zero-order valence-electron chi connectivity index (χ0n) is 13.3. The molecule has 4 N–H and O–H groups in total. The van der Waals surface area contributed by atoms with Gasteiger partial charge in [0.1, 0.15) is 6.04 Å². The van der Waals surface area contributed by atoms with E-state index in [1.54, 1.807) is 0 Å². The van der Waals surface area contributed by atoms with Gasteiger partial charge in [-0.05, 0) is 18.8 Å². The third-order valence-electron chi connectivity index (χ3n) is 2.73. The summed E-state index contributed by atoms with van der Waals surface area (Å²) in [5, 5.41) is 22.3. The maximum atomic E-state index is 11.5. The minimum Gasteiger partial charge on any atom is -0.481 e. The second kappa shape index (κ2) is 14.5. The van der Waals surface area contributed by atoms with E-state index in [-0.39, 0.29) is 19.1 Å². The first-order chi connectivity index (χ1) is 10.7. The van der Waals surface area contributed by atoms with Crippen molar-refractivity contribution in [3.8, 4) is 0 Å². The fourth-order valence-electron chi connectivity index (χ4n) is 1.64. The molecule has 9 nitrogen and oxygen atoms in total. The van der Waals surface area contributed by atoms with E-state index in [4.69, 9.17) is 19.8 Å². The summed E-state index contributed by atoms with van der Waals surface area (Å²) in [5.74, 6) is -1.49. The lowest BCUT2D eigenvalue weighted by molar-refractivity contribution is -0.191. The third kappa shape index (κ3) is 17.5. The van der Waals surface area contributed by atoms with E-state index in [2.05, 4.69) is 24.5 Å². The smallest absolute Gasteiger partial charge is 0.373 e. The standard InChI is InChI=1S/C13H24N2O5.CO2/c1-9(2)5-3-6-10(12(18)19)15-13(20)14-8-4-7-11(16)17;2-1-3/h9-10H,3-8H2,1-2H3,(H,16,17)(H,18,19)(H2,14,15,20);/t10-;/m0./s1. The summed E-state index contributed by atoms with van der Waals surface area (Å²) in [6.45, 7) is 4.31. The van der Waals surface area contributed by atoms with Crippen LogP contribution in [0, 0.1) is 5.92 Å². The summed E-state index contributed by atoms with van der Waals surface area (Å²) in [7, 11) is 0. The van der Waals surface area contributed by atoms with Crippen molar-refractivity contribution in [1.82, 2.24) is 10.6 Å². The van der Waals surface area contributed by atoms with Crippen molar-refractivity contribution < 1.29 is 34.2 Å². The van der Waals surface area contributed by atoms with Crippen LogP contribution in [0.15, 0.2) is 0 Å². The van der Waals surface area contributed by atoms with E-state index in [9.17, 15) is 14.4 Å². The van der Waals surface area contributed by atoms with Crippen LogP contribution in [0.5, 0.6) is 0 Å². The number of amides is 2. The number of aliphatic carboxylic acids is 2. The van der Waals surface area contributed by atoms with Gasteiger partial charge >= 0.3 is 24.1 Å². The van der Waals surface area contributed by atoms with E-state index in [1.165, 1.54) is 0 Å². The maximum absolute atomic E-state index is 11.5. The van der Waals surface area contributed by atoms with Gasteiger partial charge in [-0.3, -0.25) is 4.79 Å². The largest absolute Gasteiger partial charge is 0.481 e. The second-order valence-electron chi connectivity index (χ2n) is 5.20. The molecule has 0 rings (SSSR count). The highest BCUT2D eigenvalue weighted by Crippen LogP contribution is 2.08. The number of urea groups is 1. The van der Waals surface area contributed by atoms with Crippen molar-refractivity contribution in [2.45, 2.75) is 52.0 Å². The number of hydrogen-bond acceptors (Lipinski definition) is 5. The van der Waals surface area contributed by atoms with Crippen molar-refractivity contribution in [1.29, 1.82) is 0 Å². The van der Waals surface area contributed by atoms with E-state index in [0.717, 1.165) is 12.8 Å². The number of carboxylic acids is 2. The molecule has 9 heteroatoms. The highest BCUT2D eigenvalue weighted by Gasteiger charge is 2.19. The Morgan fingerprint density at radius 1 is 1.04 bits per heavy atom. The fourth-order valence-corrected chi connectivity index (χ4v) is 1.64. The monoisotopic (exact) mass is 332 g/mol. The Bertz CT molecular complexity index is 404. The summed E-state index contributed by atoms with van der Waals surface area (Å²) < 4.78 is 0. The molecule has 0 aliphatic heterocycles. The molecule has 0 spiro atoms. The molecule has 0 aliphatic rings. The Labute approximate surface area is 134 Å². The average Bonchev–Trinajstić information content (AvgIpc) is 2.42. The predicted octanol–water partition coefficient (Wildman–Crippen LogP) is 0.846. The molecule has 1 atom stereocenters. The van der Waals surface area contributed by atoms with E-state index >= 15 is 0 Å². The number of nitrogens with one attached hydrogen (secondary N) is 2. The molecule has 0 aromatic heterocycles. The summed E-state index contributed by atoms with van der Waals surface area (Å²) >= 11 is 0. The Balaban J connectivity index is 0. The van der Waals surface area contributed by atoms with Gasteiger partial charge in [-0.2, -0.15) is 9.59 Å². The van der Waals surface area contributed by atoms with Gasteiger partial charge in [0.2, 0.25) is 0 Å². The van der Waals surface area contributed by atoms with Crippen LogP contribution in [0.4, 0.5) is 4.79 Å². The van der Waals surface area contributed by atoms with Gasteiger partial charge in [-0.1, -0.05) is 26.7 Å². The first-order valence-corrected chi connectivity index (χ1v) is 7.22. The van der Waals surface area contributed by atoms with Crippen LogP contribution < -0.4 is 10.6 Å². The first-order valence-electron chi connectivity index (χ1n) is 7.22. The number of rotatable bonds is 10. The van der Waals surface area contributed by atoms with Crippen molar-refractivity contribution in [2.24, 2.45) is 5.92 Å². The molecule has 0 saturated carbocycles. The van der Waals surface area contributed by atoms with Gasteiger partial charge in [0.25, 0.3) is 0 Å². The number of hydrogen-bond donors (Lipinski definition) is 4. The molecule has 0 aromatic carbocycles. The molecule has 0 bridgehead atoms. The van der Waals surface area contributed by atoms with E-state index in [1.807, 2.05) is 0 Å². The molecular formula is C14H24N2O7. The molecule has 0 aromatic rings. The molecule has 0 radical (unpaired) electrons. The normalized spacial score (nSPS) is 10.7. The van der Waals surface area contributed by atoms with Crippen molar-refractivity contribution in [2.75, 3.05) is 6.54 Å². The molecular weight excluding hydrogens is 308 g/mol. The second-order valence-corrected chi connectivity index (χ2v) is 5.20. The van der Waals surface area contributed by atoms with Crippen LogP contribution >= 0.6 is 0 Å². The van der Waals surface area contributed by atoms with Crippen LogP contribution in [0.1, 0.15) is 46.0 Å². The minimum atomic E-state index is -1.06. The van der Waals surface area contributed by atoms with Gasteiger partial charge in [-0.15, -0.1) is 0 Å². The minimum absolute atomic E-state index is 0.0307. The zero-order chi connectivity index (χ0) is 18.3. The van der Waals surface area contributed by atoms with Gasteiger partial charge in [0, 0.05) is 13.0 Å². The van der Waals surface area contributed by atoms with Gasteiger partial charge in [0.15, 0.2) is 0 Å². The molecule has 132 valence electrons. The van der Waals surface area contributed by atoms with E-state index in [0.29, 0.717) is 18.8 Å². The van der Waals surface area contributed by atoms with Crippen molar-refractivity contribution in [3.63, 3.8) is 0 Å². The number of carbonyl (C=O) groups excluding carboxylic acids is 3. The van der Waals surface area contributed by atoms with Gasteiger partial charge in [0.05, 0.1) is 0 Å². The number of carboxylic acid groups (broad SMARTS) is 2. The van der Waals surface area contributed by atoms with Crippen LogP contribution in [0.2, 0.25) is 0 Å². The Hall–Kier alpha value is -2.41. The van der Waals surface area contributed by atoms with Crippen molar-refractivity contribution >= 4 is 24.1 Å². The summed E-state index contributed by atoms with van der Waals surface area (Å²) in [6, 6.07) is -1.49. The third-order valence-corrected chi connectivity index (χ3v) is 2.73. The molecule has 23 heavy (non-hydrogen) atoms. The van der Waals surface area contributed by atoms with Gasteiger partial charge in [-0.25, -0.2) is 9.59 Å². The lowest BCUT2D eigenvalue weighted by Crippen LogP contribution is -2.46. The zero-order valence-corrected chi connectivity index (χ0v) is 13.3. The highest BCUT2D eigenvalue weighted by atomic mass is 16.4. The maximum Gasteiger partial charge on any atom is 0.373 e. The predicted molar refractivity (Wildman–Crippen MR) is 78.5 cm³/mol. The molecule has 2 amide bonds. The molecule has 0 heterocycles. The Kier molecular flexibility index (Phi) is 14.4. The van der Waals surface area contributed by atoms with Crippen LogP contribution in [0.3, 0.4) is 0 Å². The SMILES string of the molecule is CC(C)CCC[C@H](NC(=O)NCCCC(=O)O)C(=O)O.O=C=O. The summed E-state index contributed by atoms with van der Waals surface area (Å²) in [6.07, 6.45) is 2.56. The van der Waals surface area contributed by atoms with Crippen LogP contribution in [0.25, 0.3) is 0 Å². The highest BCUT2D eigenvalue weighted by molar-refractivity contribution is 5.82. The van der Waals surface area contributed by atoms with Crippen LogP contribution in [-0.4, -0.2) is 46.9 Å². The Morgan fingerprint density at radius 3 is 2.04 bits per heavy atom. The topological polar surface area (TPSA) is 150 Å². The summed E-state index contributed by atoms with van der Waals surface area (Å²) in [4.78, 5) is 49.0. The lowest BCUT2D eigenvalue weighted by Gasteiger charge is -2.15. The lowest BCUT2D eigenvalue weighted by atomic mass is 10.0. The van der Waals surface area contributed by atoms with Crippen molar-refractivity contribution in [3.05, 3.63) is 0 Å². The summed E-state index contributed by atoms with van der Waals surface area (Å²) in [5.41, 5.74) is 0. The Morgan fingerprint density at radius 2 is 1.61 bits per heavy atom. The number of carbonyl (C=O) groups is 3. The molecule has 0 saturated heterocycles. The quantitative estimate of drug-likeness (QED) is 0.433. The average molecular weight is 332 g/mol. The van der Waals surface area contributed by atoms with Crippen LogP contribution in [-0.2, 0) is 19.2 Å². The fraction of sp³-hybridized carbons (Fsp3) is 0.714. The molecule has 0 fully saturated rings.